The van der Waals surface area contributed by atoms with E-state index in [0.717, 1.165) is 43.5 Å². The van der Waals surface area contributed by atoms with Crippen molar-refractivity contribution >= 4 is 17.5 Å². The first-order valence-corrected chi connectivity index (χ1v) is 11.8. The zero-order valence-corrected chi connectivity index (χ0v) is 18.8. The molecule has 172 valence electrons. The molecular formula is C23H31N5O4. The molecule has 3 aliphatic rings. The van der Waals surface area contributed by atoms with Crippen LogP contribution in [-0.2, 0) is 27.3 Å². The molecule has 0 aromatic carbocycles. The Morgan fingerprint density at radius 1 is 1.19 bits per heavy atom. The number of carbonyl (C=O) groups is 2. The number of rotatable bonds is 3. The third-order valence-corrected chi connectivity index (χ3v) is 6.94. The van der Waals surface area contributed by atoms with Crippen LogP contribution in [0, 0.1) is 5.92 Å². The molecule has 1 N–H and O–H groups in total. The summed E-state index contributed by atoms with van der Waals surface area (Å²) in [7, 11) is 0. The van der Waals surface area contributed by atoms with Crippen molar-refractivity contribution in [3.63, 3.8) is 0 Å². The molecule has 2 atom stereocenters. The molecule has 9 heteroatoms. The lowest BCUT2D eigenvalue weighted by molar-refractivity contribution is -0.145. The lowest BCUT2D eigenvalue weighted by Crippen LogP contribution is -2.44. The van der Waals surface area contributed by atoms with Gasteiger partial charge in [0.2, 0.25) is 5.91 Å². The maximum absolute atomic E-state index is 13.3. The Hall–Kier alpha value is -2.68. The number of hydrogen-bond acceptors (Lipinski definition) is 5. The number of piperidine rings is 1. The predicted molar refractivity (Wildman–Crippen MR) is 117 cm³/mol. The van der Waals surface area contributed by atoms with E-state index < -0.39 is 0 Å². The van der Waals surface area contributed by atoms with Gasteiger partial charge in [0, 0.05) is 38.1 Å². The van der Waals surface area contributed by atoms with E-state index in [1.807, 2.05) is 24.8 Å². The monoisotopic (exact) mass is 441 g/mol. The van der Waals surface area contributed by atoms with E-state index in [1.165, 1.54) is 4.52 Å². The SMILES string of the molecule is CC(C)C(=O)N1CCc2nc3cc([C@@H]4CCCCN4C(=O)[C@@H]4CCCO4)[nH]n3c(=O)c2C1. The van der Waals surface area contributed by atoms with Crippen LogP contribution in [0.4, 0.5) is 0 Å². The zero-order chi connectivity index (χ0) is 22.4. The molecule has 3 aliphatic heterocycles. The second-order valence-corrected chi connectivity index (χ2v) is 9.46. The number of fused-ring (bicyclic) bond motifs is 2. The average Bonchev–Trinajstić information content (AvgIpc) is 3.48. The molecule has 5 heterocycles. The van der Waals surface area contributed by atoms with Crippen LogP contribution in [0.3, 0.4) is 0 Å². The van der Waals surface area contributed by atoms with Gasteiger partial charge in [-0.25, -0.2) is 9.50 Å². The lowest BCUT2D eigenvalue weighted by Gasteiger charge is -2.36. The maximum atomic E-state index is 13.3. The van der Waals surface area contributed by atoms with Crippen molar-refractivity contribution in [1.82, 2.24) is 24.4 Å². The van der Waals surface area contributed by atoms with E-state index in [0.29, 0.717) is 43.9 Å². The second-order valence-electron chi connectivity index (χ2n) is 9.46. The number of likely N-dealkylation sites (tertiary alicyclic amines) is 1. The van der Waals surface area contributed by atoms with Crippen molar-refractivity contribution in [3.8, 4) is 0 Å². The Bertz CT molecular complexity index is 1100. The summed E-state index contributed by atoms with van der Waals surface area (Å²) in [6, 6.07) is 1.79. The van der Waals surface area contributed by atoms with Gasteiger partial charge in [-0.1, -0.05) is 13.8 Å². The third kappa shape index (κ3) is 3.62. The Balaban J connectivity index is 1.47. The fourth-order valence-electron chi connectivity index (χ4n) is 5.20. The number of carbonyl (C=O) groups excluding carboxylic acids is 2. The number of nitrogens with one attached hydrogen (secondary N) is 1. The van der Waals surface area contributed by atoms with Gasteiger partial charge in [-0.15, -0.1) is 0 Å². The van der Waals surface area contributed by atoms with E-state index in [-0.39, 0.29) is 35.4 Å². The highest BCUT2D eigenvalue weighted by molar-refractivity contribution is 5.81. The molecule has 9 nitrogen and oxygen atoms in total. The smallest absolute Gasteiger partial charge is 0.277 e. The van der Waals surface area contributed by atoms with Crippen LogP contribution >= 0.6 is 0 Å². The van der Waals surface area contributed by atoms with Gasteiger partial charge in [0.1, 0.15) is 6.10 Å². The van der Waals surface area contributed by atoms with Crippen molar-refractivity contribution in [1.29, 1.82) is 0 Å². The highest BCUT2D eigenvalue weighted by Gasteiger charge is 2.35. The van der Waals surface area contributed by atoms with Crippen LogP contribution in [0.25, 0.3) is 5.65 Å². The molecule has 0 aliphatic carbocycles. The summed E-state index contributed by atoms with van der Waals surface area (Å²) in [6.45, 7) is 5.96. The predicted octanol–water partition coefficient (Wildman–Crippen LogP) is 1.80. The first-order chi connectivity index (χ1) is 15.4. The van der Waals surface area contributed by atoms with Crippen molar-refractivity contribution in [3.05, 3.63) is 33.4 Å². The topological polar surface area (TPSA) is 100 Å². The Morgan fingerprint density at radius 3 is 2.78 bits per heavy atom. The molecule has 2 aromatic heterocycles. The van der Waals surface area contributed by atoms with Gasteiger partial charge in [-0.3, -0.25) is 19.5 Å². The average molecular weight is 442 g/mol. The summed E-state index contributed by atoms with van der Waals surface area (Å²) in [5, 5.41) is 3.23. The summed E-state index contributed by atoms with van der Waals surface area (Å²) in [5.74, 6) is -0.00198. The number of amides is 2. The third-order valence-electron chi connectivity index (χ3n) is 6.94. The van der Waals surface area contributed by atoms with Crippen LogP contribution in [0.1, 0.15) is 68.9 Å². The van der Waals surface area contributed by atoms with Crippen molar-refractivity contribution < 1.29 is 14.3 Å². The van der Waals surface area contributed by atoms with E-state index >= 15 is 0 Å². The number of aromatic nitrogens is 3. The van der Waals surface area contributed by atoms with Gasteiger partial charge in [-0.05, 0) is 32.1 Å². The molecule has 32 heavy (non-hydrogen) atoms. The van der Waals surface area contributed by atoms with E-state index in [1.54, 1.807) is 4.90 Å². The highest BCUT2D eigenvalue weighted by Crippen LogP contribution is 2.32. The molecule has 0 radical (unpaired) electrons. The van der Waals surface area contributed by atoms with Crippen molar-refractivity contribution in [2.24, 2.45) is 5.92 Å². The molecular weight excluding hydrogens is 410 g/mol. The van der Waals surface area contributed by atoms with Gasteiger partial charge in [0.05, 0.1) is 29.5 Å². The number of H-pyrrole nitrogens is 1. The van der Waals surface area contributed by atoms with E-state index in [9.17, 15) is 14.4 Å². The summed E-state index contributed by atoms with van der Waals surface area (Å²) < 4.78 is 7.12. The van der Waals surface area contributed by atoms with E-state index in [4.69, 9.17) is 9.72 Å². The fraction of sp³-hybridized carbons (Fsp3) is 0.652. The summed E-state index contributed by atoms with van der Waals surface area (Å²) in [4.78, 5) is 47.2. The number of aromatic amines is 1. The van der Waals surface area contributed by atoms with Crippen LogP contribution < -0.4 is 5.56 Å². The number of ether oxygens (including phenoxy) is 1. The Kier molecular flexibility index (Phi) is 5.53. The van der Waals surface area contributed by atoms with E-state index in [2.05, 4.69) is 5.10 Å². The Morgan fingerprint density at radius 2 is 2.03 bits per heavy atom. The highest BCUT2D eigenvalue weighted by atomic mass is 16.5. The summed E-state index contributed by atoms with van der Waals surface area (Å²) in [6.07, 6.45) is 4.76. The van der Waals surface area contributed by atoms with Gasteiger partial charge in [0.15, 0.2) is 5.65 Å². The van der Waals surface area contributed by atoms with Gasteiger partial charge in [0.25, 0.3) is 11.5 Å². The fourth-order valence-corrected chi connectivity index (χ4v) is 5.20. The standard InChI is InChI=1S/C23H31N5O4/c1-14(2)21(29)26-10-8-16-15(13-26)22(30)28-20(24-16)12-17(25-28)18-6-3-4-9-27(18)23(31)19-7-5-11-32-19/h12,14,18-19,25H,3-11,13H2,1-2H3/t18-,19-/m0/s1. The minimum Gasteiger partial charge on any atom is -0.368 e. The van der Waals surface area contributed by atoms with Gasteiger partial charge in [-0.2, -0.15) is 0 Å². The molecule has 2 saturated heterocycles. The molecule has 0 bridgehead atoms. The molecule has 0 unspecified atom stereocenters. The minimum absolute atomic E-state index is 0.0493. The van der Waals surface area contributed by atoms with Crippen molar-refractivity contribution in [2.45, 2.75) is 71.1 Å². The van der Waals surface area contributed by atoms with Crippen molar-refractivity contribution in [2.75, 3.05) is 19.7 Å². The second kappa shape index (κ2) is 8.35. The lowest BCUT2D eigenvalue weighted by atomic mass is 9.98. The maximum Gasteiger partial charge on any atom is 0.277 e. The number of nitrogens with zero attached hydrogens (tertiary/aromatic N) is 4. The molecule has 2 fully saturated rings. The van der Waals surface area contributed by atoms with Crippen LogP contribution in [-0.4, -0.2) is 62.0 Å². The summed E-state index contributed by atoms with van der Waals surface area (Å²) in [5.41, 5.74) is 2.59. The molecule has 0 spiro atoms. The molecule has 0 saturated carbocycles. The molecule has 2 aromatic rings. The largest absolute Gasteiger partial charge is 0.368 e. The number of hydrogen-bond donors (Lipinski definition) is 1. The van der Waals surface area contributed by atoms with Gasteiger partial charge < -0.3 is 14.5 Å². The van der Waals surface area contributed by atoms with Crippen LogP contribution in [0.15, 0.2) is 10.9 Å². The summed E-state index contributed by atoms with van der Waals surface area (Å²) >= 11 is 0. The normalized spacial score (nSPS) is 23.7. The molecule has 5 rings (SSSR count). The van der Waals surface area contributed by atoms with Crippen LogP contribution in [0.2, 0.25) is 0 Å². The quantitative estimate of drug-likeness (QED) is 0.783. The first kappa shape index (κ1) is 21.2. The molecule has 2 amide bonds. The van der Waals surface area contributed by atoms with Gasteiger partial charge >= 0.3 is 0 Å². The van der Waals surface area contributed by atoms with Crippen LogP contribution in [0.5, 0.6) is 0 Å². The minimum atomic E-state index is -0.349. The Labute approximate surface area is 186 Å². The zero-order valence-electron chi connectivity index (χ0n) is 18.8. The first-order valence-electron chi connectivity index (χ1n) is 11.8.